The van der Waals surface area contributed by atoms with Crippen LogP contribution >= 0.6 is 11.3 Å². The van der Waals surface area contributed by atoms with Gasteiger partial charge in [-0.1, -0.05) is 52.9 Å². The van der Waals surface area contributed by atoms with E-state index < -0.39 is 0 Å². The molecular weight excluding hydrogens is 292 g/mol. The summed E-state index contributed by atoms with van der Waals surface area (Å²) in [6, 6.07) is 0. The minimum Gasteiger partial charge on any atom is -0.465 e. The van der Waals surface area contributed by atoms with Crippen LogP contribution in [0.25, 0.3) is 0 Å². The van der Waals surface area contributed by atoms with Gasteiger partial charge in [-0.25, -0.2) is 4.79 Å². The zero-order valence-electron chi connectivity index (χ0n) is 15.0. The van der Waals surface area contributed by atoms with Crippen molar-refractivity contribution in [3.8, 4) is 0 Å². The maximum Gasteiger partial charge on any atom is 0.339 e. The average molecular weight is 325 g/mol. The van der Waals surface area contributed by atoms with Crippen molar-refractivity contribution in [1.29, 1.82) is 0 Å². The molecule has 0 fully saturated rings. The Balaban J connectivity index is 2.84. The number of esters is 1. The number of hydrogen-bond donors (Lipinski definition) is 0. The maximum atomic E-state index is 12.1. The third kappa shape index (κ3) is 4.84. The summed E-state index contributed by atoms with van der Waals surface area (Å²) in [6.07, 6.45) is 9.92. The van der Waals surface area contributed by atoms with E-state index in [1.54, 1.807) is 0 Å². The van der Waals surface area contributed by atoms with Crippen molar-refractivity contribution in [1.82, 2.24) is 0 Å². The Labute approximate surface area is 140 Å². The Hall–Kier alpha value is -0.830. The van der Waals surface area contributed by atoms with Gasteiger partial charge >= 0.3 is 5.97 Å². The van der Waals surface area contributed by atoms with Gasteiger partial charge in [-0.2, -0.15) is 0 Å². The van der Waals surface area contributed by atoms with Crippen LogP contribution in [0.2, 0.25) is 0 Å². The summed E-state index contributed by atoms with van der Waals surface area (Å²) < 4.78 is 4.98. The zero-order chi connectivity index (χ0) is 16.5. The number of carbonyl (C=O) groups excluding carboxylic acids is 1. The first-order chi connectivity index (χ1) is 10.6. The maximum absolute atomic E-state index is 12.1. The lowest BCUT2D eigenvalue weighted by Gasteiger charge is -2.14. The molecule has 0 saturated carbocycles. The second-order valence-corrected chi connectivity index (χ2v) is 7.18. The number of rotatable bonds is 10. The average Bonchev–Trinajstić information content (AvgIpc) is 2.87. The number of thiophene rings is 1. The summed E-state index contributed by atoms with van der Waals surface area (Å²) in [7, 11) is 1.48. The molecule has 0 amide bonds. The van der Waals surface area contributed by atoms with Gasteiger partial charge in [0.1, 0.15) is 0 Å². The van der Waals surface area contributed by atoms with Crippen molar-refractivity contribution >= 4 is 17.3 Å². The van der Waals surface area contributed by atoms with Gasteiger partial charge in [0.15, 0.2) is 0 Å². The summed E-state index contributed by atoms with van der Waals surface area (Å²) in [4.78, 5) is 14.7. The lowest BCUT2D eigenvalue weighted by atomic mass is 9.93. The van der Waals surface area contributed by atoms with Crippen LogP contribution in [0, 0.1) is 6.92 Å². The molecule has 0 spiro atoms. The quantitative estimate of drug-likeness (QED) is 0.375. The molecule has 3 heteroatoms. The fourth-order valence-corrected chi connectivity index (χ4v) is 4.57. The van der Waals surface area contributed by atoms with Crippen molar-refractivity contribution in [3.05, 3.63) is 20.9 Å². The molecule has 1 rings (SSSR count). The van der Waals surface area contributed by atoms with Crippen LogP contribution in [0.15, 0.2) is 0 Å². The van der Waals surface area contributed by atoms with Gasteiger partial charge in [-0.3, -0.25) is 0 Å². The first-order valence-electron chi connectivity index (χ1n) is 8.80. The van der Waals surface area contributed by atoms with E-state index in [1.807, 2.05) is 11.3 Å². The molecule has 0 saturated heterocycles. The van der Waals surface area contributed by atoms with Crippen LogP contribution in [0.4, 0.5) is 0 Å². The van der Waals surface area contributed by atoms with Gasteiger partial charge in [0, 0.05) is 9.75 Å². The van der Waals surface area contributed by atoms with E-state index in [-0.39, 0.29) is 5.97 Å². The van der Waals surface area contributed by atoms with Crippen LogP contribution < -0.4 is 0 Å². The molecule has 1 heterocycles. The fourth-order valence-electron chi connectivity index (χ4n) is 3.11. The summed E-state index contributed by atoms with van der Waals surface area (Å²) >= 11 is 1.83. The highest BCUT2D eigenvalue weighted by Gasteiger charge is 2.24. The van der Waals surface area contributed by atoms with Crippen LogP contribution in [0.1, 0.15) is 97.3 Å². The summed E-state index contributed by atoms with van der Waals surface area (Å²) in [5.74, 6) is 0.421. The van der Waals surface area contributed by atoms with Gasteiger partial charge in [0.05, 0.1) is 12.7 Å². The third-order valence-electron chi connectivity index (χ3n) is 4.49. The third-order valence-corrected chi connectivity index (χ3v) is 6.09. The van der Waals surface area contributed by atoms with Crippen LogP contribution in [0.3, 0.4) is 0 Å². The molecule has 0 aliphatic rings. The van der Waals surface area contributed by atoms with Crippen molar-refractivity contribution in [2.24, 2.45) is 0 Å². The molecule has 0 N–H and O–H groups in total. The Bertz CT molecular complexity index is 462. The van der Waals surface area contributed by atoms with E-state index in [0.717, 1.165) is 24.0 Å². The first-order valence-corrected chi connectivity index (χ1v) is 9.62. The molecule has 0 radical (unpaired) electrons. The minimum absolute atomic E-state index is 0.172. The number of ether oxygens (including phenoxy) is 1. The van der Waals surface area contributed by atoms with E-state index in [4.69, 9.17) is 4.74 Å². The minimum atomic E-state index is -0.172. The number of aryl methyl sites for hydroxylation is 1. The fraction of sp³-hybridized carbons (Fsp3) is 0.737. The van der Waals surface area contributed by atoms with Gasteiger partial charge in [-0.05, 0) is 37.7 Å². The lowest BCUT2D eigenvalue weighted by Crippen LogP contribution is -2.05. The first kappa shape index (κ1) is 19.2. The molecule has 2 nitrogen and oxygen atoms in total. The molecular formula is C19H32O2S. The molecule has 1 aromatic rings. The highest BCUT2D eigenvalue weighted by atomic mass is 32.1. The summed E-state index contributed by atoms with van der Waals surface area (Å²) in [5.41, 5.74) is 1.99. The topological polar surface area (TPSA) is 26.3 Å². The van der Waals surface area contributed by atoms with E-state index in [1.165, 1.54) is 55.4 Å². The van der Waals surface area contributed by atoms with Crippen LogP contribution in [-0.4, -0.2) is 13.1 Å². The molecule has 22 heavy (non-hydrogen) atoms. The second-order valence-electron chi connectivity index (χ2n) is 6.04. The van der Waals surface area contributed by atoms with E-state index in [2.05, 4.69) is 27.7 Å². The Morgan fingerprint density at radius 2 is 1.82 bits per heavy atom. The van der Waals surface area contributed by atoms with E-state index in [0.29, 0.717) is 5.92 Å². The number of carbonyl (C=O) groups is 1. The molecule has 1 unspecified atom stereocenters. The monoisotopic (exact) mass is 324 g/mol. The number of unbranched alkanes of at least 4 members (excludes halogenated alkanes) is 4. The van der Waals surface area contributed by atoms with E-state index in [9.17, 15) is 4.79 Å². The van der Waals surface area contributed by atoms with Crippen molar-refractivity contribution in [2.45, 2.75) is 85.0 Å². The number of methoxy groups -OCH3 is 1. The normalized spacial score (nSPS) is 12.4. The van der Waals surface area contributed by atoms with E-state index >= 15 is 0 Å². The highest BCUT2D eigenvalue weighted by Crippen LogP contribution is 2.38. The van der Waals surface area contributed by atoms with Crippen LogP contribution in [-0.2, 0) is 11.2 Å². The zero-order valence-corrected chi connectivity index (χ0v) is 15.8. The molecule has 1 aromatic heterocycles. The molecule has 1 atom stereocenters. The molecule has 0 aliphatic heterocycles. The van der Waals surface area contributed by atoms with Gasteiger partial charge in [0.2, 0.25) is 0 Å². The Kier molecular flexibility index (Phi) is 8.77. The number of hydrogen-bond acceptors (Lipinski definition) is 3. The Morgan fingerprint density at radius 1 is 1.14 bits per heavy atom. The van der Waals surface area contributed by atoms with Gasteiger partial charge in [0.25, 0.3) is 0 Å². The second kappa shape index (κ2) is 10.0. The summed E-state index contributed by atoms with van der Waals surface area (Å²) in [6.45, 7) is 8.73. The van der Waals surface area contributed by atoms with Gasteiger partial charge < -0.3 is 4.74 Å². The predicted molar refractivity (Wildman–Crippen MR) is 96.2 cm³/mol. The standard InChI is InChI=1S/C19H32O2S/c1-6-9-10-11-12-13-15(7-2)18-14(4)17(19(20)21-5)16(8-3)22-18/h15H,6-13H2,1-5H3. The van der Waals surface area contributed by atoms with Crippen molar-refractivity contribution in [2.75, 3.05) is 7.11 Å². The predicted octanol–water partition coefficient (Wildman–Crippen LogP) is 6.26. The smallest absolute Gasteiger partial charge is 0.339 e. The lowest BCUT2D eigenvalue weighted by molar-refractivity contribution is 0.0599. The van der Waals surface area contributed by atoms with Crippen LogP contribution in [0.5, 0.6) is 0 Å². The Morgan fingerprint density at radius 3 is 2.36 bits per heavy atom. The largest absolute Gasteiger partial charge is 0.465 e. The molecule has 0 bridgehead atoms. The van der Waals surface area contributed by atoms with Crippen molar-refractivity contribution < 1.29 is 9.53 Å². The van der Waals surface area contributed by atoms with Gasteiger partial charge in [-0.15, -0.1) is 11.3 Å². The SMILES string of the molecule is CCCCCCCC(CC)c1sc(CC)c(C(=O)OC)c1C. The molecule has 0 aromatic carbocycles. The molecule has 126 valence electrons. The highest BCUT2D eigenvalue weighted by molar-refractivity contribution is 7.12. The van der Waals surface area contributed by atoms with Crippen molar-refractivity contribution in [3.63, 3.8) is 0 Å². The summed E-state index contributed by atoms with van der Waals surface area (Å²) in [5, 5.41) is 0. The molecule has 0 aliphatic carbocycles.